The highest BCUT2D eigenvalue weighted by Gasteiger charge is 2.11. The molecule has 0 heterocycles. The summed E-state index contributed by atoms with van der Waals surface area (Å²) >= 11 is 11.0. The average Bonchev–Trinajstić information content (AvgIpc) is 1.85. The van der Waals surface area contributed by atoms with Crippen LogP contribution in [0.1, 0.15) is 0 Å². The predicted octanol–water partition coefficient (Wildman–Crippen LogP) is 2.70. The largest absolute Gasteiger partial charge is 0.295 e. The zero-order valence-electron chi connectivity index (χ0n) is 5.17. The summed E-state index contributed by atoms with van der Waals surface area (Å²) in [6, 6.07) is 4.94. The van der Waals surface area contributed by atoms with E-state index in [1.165, 1.54) is 12.1 Å². The molecule has 0 aromatic heterocycles. The highest BCUT2D eigenvalue weighted by molar-refractivity contribution is 6.35. The summed E-state index contributed by atoms with van der Waals surface area (Å²) in [7, 11) is 0. The number of nitro benzene ring substituents is 1. The van der Waals surface area contributed by atoms with E-state index in [-0.39, 0.29) is 10.7 Å². The maximum Gasteiger partial charge on any atom is 0.295 e. The fraction of sp³-hybridized carbons (Fsp3) is 0. The summed E-state index contributed by atoms with van der Waals surface area (Å²) in [6.45, 7) is 0. The molecule has 0 aliphatic rings. The van der Waals surface area contributed by atoms with Gasteiger partial charge in [0.05, 0.1) is 11.0 Å². The molecule has 57 valence electrons. The normalized spacial score (nSPS) is 9.64. The summed E-state index contributed by atoms with van der Waals surface area (Å²) in [5, 5.41) is 10.5. The van der Waals surface area contributed by atoms with Crippen molar-refractivity contribution in [3.05, 3.63) is 38.4 Å². The van der Waals surface area contributed by atoms with Gasteiger partial charge in [0.1, 0.15) is 5.02 Å². The Balaban J connectivity index is 3.20. The smallest absolute Gasteiger partial charge is 0.258 e. The van der Waals surface area contributed by atoms with E-state index < -0.39 is 4.92 Å². The second kappa shape index (κ2) is 3.07. The Morgan fingerprint density at radius 3 is 2.64 bits per heavy atom. The van der Waals surface area contributed by atoms with Crippen molar-refractivity contribution in [2.75, 3.05) is 0 Å². The summed E-state index contributed by atoms with van der Waals surface area (Å²) in [5.41, 5.74) is -0.254. The molecule has 1 rings (SSSR count). The van der Waals surface area contributed by atoms with Gasteiger partial charge >= 0.3 is 0 Å². The Morgan fingerprint density at radius 2 is 2.18 bits per heavy atom. The van der Waals surface area contributed by atoms with E-state index in [0.717, 1.165) is 0 Å². The van der Waals surface area contributed by atoms with Crippen molar-refractivity contribution in [3.63, 3.8) is 0 Å². The molecule has 0 aliphatic carbocycles. The summed E-state index contributed by atoms with van der Waals surface area (Å²) in [6.07, 6.45) is 0. The van der Waals surface area contributed by atoms with E-state index in [1.807, 2.05) is 0 Å². The lowest BCUT2D eigenvalue weighted by Gasteiger charge is -1.93. The van der Waals surface area contributed by atoms with Crippen molar-refractivity contribution in [2.45, 2.75) is 0 Å². The van der Waals surface area contributed by atoms with Crippen LogP contribution >= 0.6 is 23.2 Å². The summed E-state index contributed by atoms with van der Waals surface area (Å²) in [4.78, 5) is 9.57. The third-order valence-electron chi connectivity index (χ3n) is 1.02. The van der Waals surface area contributed by atoms with Gasteiger partial charge < -0.3 is 0 Å². The molecule has 0 aliphatic heterocycles. The number of halogens is 2. The molecule has 1 aromatic carbocycles. The van der Waals surface area contributed by atoms with Gasteiger partial charge in [0.25, 0.3) is 5.69 Å². The second-order valence-electron chi connectivity index (χ2n) is 1.77. The predicted molar refractivity (Wildman–Crippen MR) is 42.0 cm³/mol. The van der Waals surface area contributed by atoms with Crippen molar-refractivity contribution in [1.29, 1.82) is 0 Å². The van der Waals surface area contributed by atoms with Gasteiger partial charge in [-0.2, -0.15) is 0 Å². The van der Waals surface area contributed by atoms with Crippen LogP contribution in [0.5, 0.6) is 0 Å². The molecular formula is C6H2Cl2NO2. The molecule has 11 heavy (non-hydrogen) atoms. The lowest BCUT2D eigenvalue weighted by Crippen LogP contribution is -1.88. The van der Waals surface area contributed by atoms with Crippen LogP contribution in [0.4, 0.5) is 5.69 Å². The van der Waals surface area contributed by atoms with Gasteiger partial charge in [0, 0.05) is 5.02 Å². The van der Waals surface area contributed by atoms with Gasteiger partial charge in [-0.05, 0) is 12.1 Å². The zero-order valence-corrected chi connectivity index (χ0v) is 6.69. The Hall–Kier alpha value is -0.800. The van der Waals surface area contributed by atoms with Gasteiger partial charge in [0.15, 0.2) is 0 Å². The first-order chi connectivity index (χ1) is 5.11. The van der Waals surface area contributed by atoms with Crippen LogP contribution in [0.3, 0.4) is 0 Å². The Labute approximate surface area is 72.7 Å². The number of hydrogen-bond acceptors (Lipinski definition) is 2. The van der Waals surface area contributed by atoms with Crippen molar-refractivity contribution in [3.8, 4) is 0 Å². The van der Waals surface area contributed by atoms with E-state index in [2.05, 4.69) is 6.07 Å². The van der Waals surface area contributed by atoms with E-state index in [4.69, 9.17) is 23.2 Å². The molecule has 0 atom stereocenters. The van der Waals surface area contributed by atoms with Crippen molar-refractivity contribution >= 4 is 28.9 Å². The first-order valence-electron chi connectivity index (χ1n) is 2.62. The van der Waals surface area contributed by atoms with Crippen LogP contribution in [0.2, 0.25) is 10.0 Å². The lowest BCUT2D eigenvalue weighted by atomic mass is 10.3. The lowest BCUT2D eigenvalue weighted by molar-refractivity contribution is -0.385. The number of nitrogens with zero attached hydrogens (tertiary/aromatic N) is 1. The molecule has 0 bridgehead atoms. The number of rotatable bonds is 1. The Bertz CT molecular complexity index is 301. The third kappa shape index (κ3) is 1.82. The van der Waals surface area contributed by atoms with Crippen LogP contribution < -0.4 is 0 Å². The molecule has 5 heteroatoms. The molecule has 0 saturated carbocycles. The standard InChI is InChI=1S/C6H2Cl2NO2/c7-4-1-2-6(9(10)11)5(8)3-4/h1,3H. The molecule has 3 nitrogen and oxygen atoms in total. The average molecular weight is 191 g/mol. The molecule has 1 radical (unpaired) electrons. The highest BCUT2D eigenvalue weighted by Crippen LogP contribution is 2.26. The van der Waals surface area contributed by atoms with Gasteiger partial charge in [-0.3, -0.25) is 10.1 Å². The first-order valence-corrected chi connectivity index (χ1v) is 3.38. The van der Waals surface area contributed by atoms with Crippen molar-refractivity contribution in [1.82, 2.24) is 0 Å². The molecule has 0 fully saturated rings. The van der Waals surface area contributed by atoms with Crippen LogP contribution in [-0.2, 0) is 0 Å². The molecule has 0 N–H and O–H groups in total. The monoisotopic (exact) mass is 190 g/mol. The molecule has 0 unspecified atom stereocenters. The fourth-order valence-corrected chi connectivity index (χ4v) is 1.04. The van der Waals surface area contributed by atoms with E-state index in [1.54, 1.807) is 0 Å². The van der Waals surface area contributed by atoms with Crippen molar-refractivity contribution in [2.24, 2.45) is 0 Å². The second-order valence-corrected chi connectivity index (χ2v) is 2.62. The Morgan fingerprint density at radius 1 is 1.55 bits per heavy atom. The summed E-state index contributed by atoms with van der Waals surface area (Å²) in [5.74, 6) is 0. The van der Waals surface area contributed by atoms with Gasteiger partial charge in [-0.1, -0.05) is 23.2 Å². The molecule has 0 amide bonds. The molecule has 0 spiro atoms. The minimum absolute atomic E-state index is 0.00231. The van der Waals surface area contributed by atoms with Gasteiger partial charge in [-0.15, -0.1) is 0 Å². The van der Waals surface area contributed by atoms with E-state index in [9.17, 15) is 10.1 Å². The maximum absolute atomic E-state index is 10.2. The van der Waals surface area contributed by atoms with Crippen LogP contribution in [-0.4, -0.2) is 4.92 Å². The number of hydrogen-bond donors (Lipinski definition) is 0. The third-order valence-corrected chi connectivity index (χ3v) is 1.53. The topological polar surface area (TPSA) is 43.1 Å². The quantitative estimate of drug-likeness (QED) is 0.505. The number of benzene rings is 1. The molecule has 0 saturated heterocycles. The fourth-order valence-electron chi connectivity index (χ4n) is 0.577. The van der Waals surface area contributed by atoms with Crippen LogP contribution in [0.25, 0.3) is 0 Å². The van der Waals surface area contributed by atoms with E-state index >= 15 is 0 Å². The highest BCUT2D eigenvalue weighted by atomic mass is 35.5. The van der Waals surface area contributed by atoms with Crippen molar-refractivity contribution < 1.29 is 4.92 Å². The van der Waals surface area contributed by atoms with Gasteiger partial charge in [0.2, 0.25) is 0 Å². The zero-order chi connectivity index (χ0) is 8.43. The summed E-state index contributed by atoms with van der Waals surface area (Å²) < 4.78 is 0. The van der Waals surface area contributed by atoms with E-state index in [0.29, 0.717) is 5.02 Å². The molecule has 1 aromatic rings. The maximum atomic E-state index is 10.2. The van der Waals surface area contributed by atoms with Gasteiger partial charge in [-0.25, -0.2) is 0 Å². The molecular weight excluding hydrogens is 189 g/mol. The first kappa shape index (κ1) is 8.30. The van der Waals surface area contributed by atoms with Crippen LogP contribution in [0, 0.1) is 16.2 Å². The Kier molecular flexibility index (Phi) is 2.31. The minimum atomic E-state index is -0.612. The van der Waals surface area contributed by atoms with Crippen LogP contribution in [0.15, 0.2) is 12.1 Å². The minimum Gasteiger partial charge on any atom is -0.258 e. The SMILES string of the molecule is O=[N+]([O-])c1[c]cc(Cl)cc1Cl. The number of nitro groups is 1.